The number of carbonyl (C=O) groups is 2. The van der Waals surface area contributed by atoms with Gasteiger partial charge in [0.25, 0.3) is 5.91 Å². The molecule has 0 radical (unpaired) electrons. The number of nitrogens with one attached hydrogen (secondary N) is 2. The number of halogens is 4. The number of rotatable bonds is 10. The molecule has 0 aromatic heterocycles. The van der Waals surface area contributed by atoms with Crippen LogP contribution in [0.15, 0.2) is 121 Å². The Labute approximate surface area is 260 Å². The monoisotopic (exact) mass is 632 g/mol. The molecule has 0 saturated heterocycles. The summed E-state index contributed by atoms with van der Waals surface area (Å²) in [5, 5.41) is 15.7. The first-order chi connectivity index (χ1) is 21.6. The number of amides is 1. The van der Waals surface area contributed by atoms with Crippen LogP contribution in [-0.4, -0.2) is 23.3 Å². The minimum Gasteiger partial charge on any atom is -0.479 e. The van der Waals surface area contributed by atoms with Crippen molar-refractivity contribution in [1.82, 2.24) is 5.32 Å². The molecule has 3 N–H and O–H groups in total. The summed E-state index contributed by atoms with van der Waals surface area (Å²) in [5.74, 6) is -1.17. The molecule has 45 heavy (non-hydrogen) atoms. The molecular weight excluding hydrogens is 609 g/mol. The van der Waals surface area contributed by atoms with E-state index in [2.05, 4.69) is 15.4 Å². The number of alkyl halides is 3. The zero-order valence-corrected chi connectivity index (χ0v) is 24.0. The number of ether oxygens (including phenoxy) is 2. The van der Waals surface area contributed by atoms with Gasteiger partial charge in [-0.2, -0.15) is 0 Å². The van der Waals surface area contributed by atoms with E-state index in [1.54, 1.807) is 24.3 Å². The molecule has 1 amide bonds. The molecule has 0 heterocycles. The molecule has 0 aliphatic rings. The van der Waals surface area contributed by atoms with Crippen molar-refractivity contribution in [2.45, 2.75) is 12.4 Å². The molecule has 0 saturated carbocycles. The molecular formula is C34H24ClF3N2O5. The van der Waals surface area contributed by atoms with Crippen LogP contribution in [0.4, 0.5) is 24.5 Å². The number of benzene rings is 5. The van der Waals surface area contributed by atoms with Crippen molar-refractivity contribution in [3.8, 4) is 28.4 Å². The maximum absolute atomic E-state index is 13.4. The van der Waals surface area contributed by atoms with E-state index in [9.17, 15) is 27.9 Å². The van der Waals surface area contributed by atoms with Gasteiger partial charge >= 0.3 is 12.3 Å². The van der Waals surface area contributed by atoms with Crippen LogP contribution in [0.2, 0.25) is 5.02 Å². The molecule has 5 aromatic rings. The van der Waals surface area contributed by atoms with Crippen LogP contribution >= 0.6 is 11.6 Å². The Hall–Kier alpha value is -5.48. The Bertz CT molecular complexity index is 1800. The van der Waals surface area contributed by atoms with Crippen LogP contribution in [0.1, 0.15) is 22.0 Å². The molecule has 5 aromatic carbocycles. The van der Waals surface area contributed by atoms with Crippen LogP contribution in [0.3, 0.4) is 0 Å². The van der Waals surface area contributed by atoms with Crippen LogP contribution in [0.5, 0.6) is 17.2 Å². The lowest BCUT2D eigenvalue weighted by Crippen LogP contribution is -2.34. The summed E-state index contributed by atoms with van der Waals surface area (Å²) in [6, 6.07) is 31.3. The zero-order valence-electron chi connectivity index (χ0n) is 23.2. The molecule has 0 aliphatic carbocycles. The summed E-state index contributed by atoms with van der Waals surface area (Å²) in [5.41, 5.74) is 2.50. The standard InChI is InChI=1S/C34H24ClF3N2O5/c35-23-14-19-29(39-24-15-17-26(18-16-24)45-34(36,37)38)28(20-23)32(41)40-31(33(42)43)22-12-10-21(11-13-22)27-8-4-5-9-30(27)44-25-6-2-1-3-7-25/h1-20,31,39H,(H,40,41)(H,42,43)/t31-/m0/s1. The molecule has 0 fully saturated rings. The molecule has 0 unspecified atom stereocenters. The Balaban J connectivity index is 1.34. The van der Waals surface area contributed by atoms with Gasteiger partial charge in [-0.3, -0.25) is 4.79 Å². The Morgan fingerprint density at radius 3 is 2.11 bits per heavy atom. The second-order valence-corrected chi connectivity index (χ2v) is 10.1. The average molecular weight is 633 g/mol. The quantitative estimate of drug-likeness (QED) is 0.142. The van der Waals surface area contributed by atoms with Crippen LogP contribution in [0, 0.1) is 0 Å². The summed E-state index contributed by atoms with van der Waals surface area (Å²) in [4.78, 5) is 25.7. The minimum atomic E-state index is -4.83. The van der Waals surface area contributed by atoms with Crippen molar-refractivity contribution in [3.63, 3.8) is 0 Å². The van der Waals surface area contributed by atoms with Crippen molar-refractivity contribution in [3.05, 3.63) is 137 Å². The van der Waals surface area contributed by atoms with Gasteiger partial charge in [0.2, 0.25) is 0 Å². The highest BCUT2D eigenvalue weighted by molar-refractivity contribution is 6.31. The molecule has 7 nitrogen and oxygen atoms in total. The lowest BCUT2D eigenvalue weighted by molar-refractivity contribution is -0.274. The first kappa shape index (κ1) is 31.0. The van der Waals surface area contributed by atoms with E-state index >= 15 is 0 Å². The maximum atomic E-state index is 13.4. The predicted molar refractivity (Wildman–Crippen MR) is 164 cm³/mol. The second kappa shape index (κ2) is 13.4. The molecule has 0 aliphatic heterocycles. The van der Waals surface area contributed by atoms with Crippen LogP contribution < -0.4 is 20.1 Å². The number of carboxylic acids is 1. The van der Waals surface area contributed by atoms with Gasteiger partial charge < -0.3 is 25.2 Å². The van der Waals surface area contributed by atoms with E-state index in [0.717, 1.165) is 23.3 Å². The van der Waals surface area contributed by atoms with Crippen LogP contribution in [0.25, 0.3) is 11.1 Å². The number of aliphatic carboxylic acids is 1. The third-order valence-electron chi connectivity index (χ3n) is 6.53. The predicted octanol–water partition coefficient (Wildman–Crippen LogP) is 9.00. The fourth-order valence-electron chi connectivity index (χ4n) is 4.47. The van der Waals surface area contributed by atoms with Gasteiger partial charge in [0, 0.05) is 16.3 Å². The smallest absolute Gasteiger partial charge is 0.479 e. The summed E-state index contributed by atoms with van der Waals surface area (Å²) >= 11 is 6.14. The Morgan fingerprint density at radius 2 is 1.44 bits per heavy atom. The van der Waals surface area contributed by atoms with Gasteiger partial charge in [-0.25, -0.2) is 4.79 Å². The third-order valence-corrected chi connectivity index (χ3v) is 6.76. The Kier molecular flexibility index (Phi) is 9.25. The van der Waals surface area contributed by atoms with E-state index in [1.807, 2.05) is 54.6 Å². The lowest BCUT2D eigenvalue weighted by Gasteiger charge is -2.18. The maximum Gasteiger partial charge on any atom is 0.573 e. The van der Waals surface area contributed by atoms with Gasteiger partial charge in [-0.1, -0.05) is 72.3 Å². The topological polar surface area (TPSA) is 96.9 Å². The van der Waals surface area contributed by atoms with Gasteiger partial charge in [0.05, 0.1) is 11.3 Å². The fraction of sp³-hybridized carbons (Fsp3) is 0.0588. The first-order valence-corrected chi connectivity index (χ1v) is 13.8. The average Bonchev–Trinajstić information content (AvgIpc) is 3.01. The minimum absolute atomic E-state index is 0.0213. The summed E-state index contributed by atoms with van der Waals surface area (Å²) < 4.78 is 47.4. The van der Waals surface area contributed by atoms with Crippen molar-refractivity contribution >= 4 is 34.9 Å². The number of hydrogen-bond acceptors (Lipinski definition) is 5. The summed E-state index contributed by atoms with van der Waals surface area (Å²) in [6.07, 6.45) is -4.83. The highest BCUT2D eigenvalue weighted by atomic mass is 35.5. The van der Waals surface area contributed by atoms with Gasteiger partial charge in [0.1, 0.15) is 17.2 Å². The number of carbonyl (C=O) groups excluding carboxylic acids is 1. The molecule has 228 valence electrons. The highest BCUT2D eigenvalue weighted by Gasteiger charge is 2.31. The molecule has 1 atom stereocenters. The molecule has 5 rings (SSSR count). The summed E-state index contributed by atoms with van der Waals surface area (Å²) in [7, 11) is 0. The molecule has 0 bridgehead atoms. The fourth-order valence-corrected chi connectivity index (χ4v) is 4.64. The number of carboxylic acid groups (broad SMARTS) is 1. The second-order valence-electron chi connectivity index (χ2n) is 9.67. The van der Waals surface area contributed by atoms with E-state index in [0.29, 0.717) is 22.7 Å². The first-order valence-electron chi connectivity index (χ1n) is 13.4. The van der Waals surface area contributed by atoms with Crippen molar-refractivity contribution < 1.29 is 37.3 Å². The van der Waals surface area contributed by atoms with E-state index < -0.39 is 30.0 Å². The van der Waals surface area contributed by atoms with Crippen molar-refractivity contribution in [2.75, 3.05) is 5.32 Å². The van der Waals surface area contributed by atoms with E-state index in [-0.39, 0.29) is 16.3 Å². The van der Waals surface area contributed by atoms with Gasteiger partial charge in [-0.15, -0.1) is 13.2 Å². The summed E-state index contributed by atoms with van der Waals surface area (Å²) in [6.45, 7) is 0. The van der Waals surface area contributed by atoms with Gasteiger partial charge in [0.15, 0.2) is 6.04 Å². The number of anilines is 2. The normalized spacial score (nSPS) is 11.7. The van der Waals surface area contributed by atoms with E-state index in [1.165, 1.54) is 30.3 Å². The van der Waals surface area contributed by atoms with E-state index in [4.69, 9.17) is 16.3 Å². The van der Waals surface area contributed by atoms with Crippen LogP contribution in [-0.2, 0) is 4.79 Å². The zero-order chi connectivity index (χ0) is 32.0. The number of para-hydroxylation sites is 2. The largest absolute Gasteiger partial charge is 0.573 e. The lowest BCUT2D eigenvalue weighted by atomic mass is 9.99. The third kappa shape index (κ3) is 8.12. The highest BCUT2D eigenvalue weighted by Crippen LogP contribution is 2.34. The SMILES string of the molecule is O=C(N[C@H](C(=O)O)c1ccc(-c2ccccc2Oc2ccccc2)cc1)c1cc(Cl)ccc1Nc1ccc(OC(F)(F)F)cc1. The molecule has 0 spiro atoms. The van der Waals surface area contributed by atoms with Gasteiger partial charge in [-0.05, 0) is 71.8 Å². The number of hydrogen-bond donors (Lipinski definition) is 3. The van der Waals surface area contributed by atoms with Crippen molar-refractivity contribution in [2.24, 2.45) is 0 Å². The Morgan fingerprint density at radius 1 is 0.778 bits per heavy atom. The molecule has 11 heteroatoms. The van der Waals surface area contributed by atoms with Crippen molar-refractivity contribution in [1.29, 1.82) is 0 Å².